The van der Waals surface area contributed by atoms with Gasteiger partial charge in [-0.05, 0) is 47.1 Å². The maximum atomic E-state index is 11.9. The van der Waals surface area contributed by atoms with Gasteiger partial charge in [-0.15, -0.1) is 0 Å². The van der Waals surface area contributed by atoms with Gasteiger partial charge in [-0.1, -0.05) is 15.9 Å². The molecule has 1 atom stereocenters. The number of halogens is 2. The van der Waals surface area contributed by atoms with Crippen molar-refractivity contribution < 1.29 is 4.79 Å². The van der Waals surface area contributed by atoms with Crippen LogP contribution in [0.1, 0.15) is 6.42 Å². The second-order valence-electron chi connectivity index (χ2n) is 3.80. The molecule has 1 unspecified atom stereocenters. The third-order valence-electron chi connectivity index (χ3n) is 2.62. The van der Waals surface area contributed by atoms with Crippen LogP contribution in [0.2, 0.25) is 0 Å². The number of hydrogen-bond donors (Lipinski definition) is 2. The molecule has 16 heavy (non-hydrogen) atoms. The van der Waals surface area contributed by atoms with Gasteiger partial charge < -0.3 is 10.6 Å². The maximum Gasteiger partial charge on any atom is 0.228 e. The smallest absolute Gasteiger partial charge is 0.228 e. The molecule has 0 aliphatic carbocycles. The topological polar surface area (TPSA) is 41.1 Å². The first kappa shape index (κ1) is 12.1. The molecule has 1 aromatic rings. The Balaban J connectivity index is 2.07. The molecule has 0 saturated carbocycles. The highest BCUT2D eigenvalue weighted by Gasteiger charge is 2.22. The minimum atomic E-state index is 0.0869. The molecule has 1 amide bonds. The van der Waals surface area contributed by atoms with Crippen LogP contribution in [0.3, 0.4) is 0 Å². The molecule has 1 aliphatic heterocycles. The van der Waals surface area contributed by atoms with Gasteiger partial charge in [-0.2, -0.15) is 0 Å². The van der Waals surface area contributed by atoms with Gasteiger partial charge in [0.05, 0.1) is 11.6 Å². The van der Waals surface area contributed by atoms with Crippen LogP contribution in [0.15, 0.2) is 27.1 Å². The van der Waals surface area contributed by atoms with Crippen molar-refractivity contribution in [1.29, 1.82) is 0 Å². The van der Waals surface area contributed by atoms with E-state index in [1.807, 2.05) is 18.2 Å². The van der Waals surface area contributed by atoms with E-state index in [9.17, 15) is 4.79 Å². The first-order valence-corrected chi connectivity index (χ1v) is 6.72. The van der Waals surface area contributed by atoms with Crippen molar-refractivity contribution >= 4 is 43.5 Å². The maximum absolute atomic E-state index is 11.9. The molecule has 0 aromatic heterocycles. The lowest BCUT2D eigenvalue weighted by Crippen LogP contribution is -2.24. The molecule has 0 bridgehead atoms. The minimum Gasteiger partial charge on any atom is -0.325 e. The second-order valence-corrected chi connectivity index (χ2v) is 5.57. The number of rotatable bonds is 2. The standard InChI is InChI=1S/C11H12Br2N2O/c12-8-1-2-9(13)10(5-8)15-11(16)7-3-4-14-6-7/h1-2,5,7,14H,3-4,6H2,(H,15,16). The summed E-state index contributed by atoms with van der Waals surface area (Å²) in [6.45, 7) is 1.70. The lowest BCUT2D eigenvalue weighted by atomic mass is 10.1. The number of nitrogens with one attached hydrogen (secondary N) is 2. The van der Waals surface area contributed by atoms with Crippen molar-refractivity contribution in [2.75, 3.05) is 18.4 Å². The third-order valence-corrected chi connectivity index (χ3v) is 3.80. The van der Waals surface area contributed by atoms with Crippen LogP contribution >= 0.6 is 31.9 Å². The number of carbonyl (C=O) groups is 1. The average molecular weight is 348 g/mol. The van der Waals surface area contributed by atoms with E-state index in [-0.39, 0.29) is 11.8 Å². The highest BCUT2D eigenvalue weighted by atomic mass is 79.9. The van der Waals surface area contributed by atoms with Crippen LogP contribution in [-0.4, -0.2) is 19.0 Å². The fourth-order valence-electron chi connectivity index (χ4n) is 1.71. The molecule has 1 aliphatic rings. The molecule has 2 N–H and O–H groups in total. The lowest BCUT2D eigenvalue weighted by Gasteiger charge is -2.11. The van der Waals surface area contributed by atoms with E-state index in [0.717, 1.165) is 34.1 Å². The molecular formula is C11H12Br2N2O. The van der Waals surface area contributed by atoms with Crippen LogP contribution in [0.25, 0.3) is 0 Å². The van der Waals surface area contributed by atoms with E-state index in [1.165, 1.54) is 0 Å². The van der Waals surface area contributed by atoms with Gasteiger partial charge in [0.2, 0.25) is 5.91 Å². The van der Waals surface area contributed by atoms with Gasteiger partial charge in [0.15, 0.2) is 0 Å². The van der Waals surface area contributed by atoms with Gasteiger partial charge in [0, 0.05) is 15.5 Å². The summed E-state index contributed by atoms with van der Waals surface area (Å²) in [6.07, 6.45) is 0.914. The fourth-order valence-corrected chi connectivity index (χ4v) is 2.41. The Morgan fingerprint density at radius 2 is 2.25 bits per heavy atom. The number of hydrogen-bond acceptors (Lipinski definition) is 2. The van der Waals surface area contributed by atoms with Crippen molar-refractivity contribution in [3.8, 4) is 0 Å². The van der Waals surface area contributed by atoms with Crippen LogP contribution in [0.5, 0.6) is 0 Å². The van der Waals surface area contributed by atoms with Crippen molar-refractivity contribution in [3.05, 3.63) is 27.1 Å². The molecule has 1 heterocycles. The normalized spacial score (nSPS) is 19.8. The zero-order chi connectivity index (χ0) is 11.5. The fraction of sp³-hybridized carbons (Fsp3) is 0.364. The number of anilines is 1. The Morgan fingerprint density at radius 1 is 1.44 bits per heavy atom. The molecule has 86 valence electrons. The van der Waals surface area contributed by atoms with E-state index in [2.05, 4.69) is 42.5 Å². The van der Waals surface area contributed by atoms with Crippen molar-refractivity contribution in [1.82, 2.24) is 5.32 Å². The number of amides is 1. The second kappa shape index (κ2) is 5.29. The molecule has 3 nitrogen and oxygen atoms in total. The predicted octanol–water partition coefficient (Wildman–Crippen LogP) is 2.76. The molecule has 1 saturated heterocycles. The Bertz CT molecular complexity index is 403. The Labute approximate surface area is 111 Å². The number of benzene rings is 1. The average Bonchev–Trinajstić information content (AvgIpc) is 2.76. The van der Waals surface area contributed by atoms with E-state index in [4.69, 9.17) is 0 Å². The summed E-state index contributed by atoms with van der Waals surface area (Å²) >= 11 is 6.80. The Morgan fingerprint density at radius 3 is 2.94 bits per heavy atom. The summed E-state index contributed by atoms with van der Waals surface area (Å²) in [6, 6.07) is 5.73. The van der Waals surface area contributed by atoms with Gasteiger partial charge in [-0.3, -0.25) is 4.79 Å². The molecule has 2 rings (SSSR count). The van der Waals surface area contributed by atoms with Crippen LogP contribution in [-0.2, 0) is 4.79 Å². The molecule has 0 spiro atoms. The highest BCUT2D eigenvalue weighted by Crippen LogP contribution is 2.26. The molecule has 5 heteroatoms. The summed E-state index contributed by atoms with van der Waals surface area (Å²) in [7, 11) is 0. The Hall–Kier alpha value is -0.390. The van der Waals surface area contributed by atoms with E-state index in [1.54, 1.807) is 0 Å². The van der Waals surface area contributed by atoms with Gasteiger partial charge in [0.1, 0.15) is 0 Å². The third kappa shape index (κ3) is 2.84. The molecule has 1 fully saturated rings. The van der Waals surface area contributed by atoms with Crippen LogP contribution in [0.4, 0.5) is 5.69 Å². The number of carbonyl (C=O) groups excluding carboxylic acids is 1. The summed E-state index contributed by atoms with van der Waals surface area (Å²) in [5.74, 6) is 0.176. The largest absolute Gasteiger partial charge is 0.325 e. The van der Waals surface area contributed by atoms with Crippen molar-refractivity contribution in [2.24, 2.45) is 5.92 Å². The lowest BCUT2D eigenvalue weighted by molar-refractivity contribution is -0.119. The molecule has 1 aromatic carbocycles. The van der Waals surface area contributed by atoms with E-state index < -0.39 is 0 Å². The minimum absolute atomic E-state index is 0.0869. The first-order chi connectivity index (χ1) is 7.66. The monoisotopic (exact) mass is 346 g/mol. The predicted molar refractivity (Wildman–Crippen MR) is 71.4 cm³/mol. The molecule has 0 radical (unpaired) electrons. The van der Waals surface area contributed by atoms with Crippen LogP contribution < -0.4 is 10.6 Å². The Kier molecular flexibility index (Phi) is 4.00. The van der Waals surface area contributed by atoms with Gasteiger partial charge in [-0.25, -0.2) is 0 Å². The highest BCUT2D eigenvalue weighted by molar-refractivity contribution is 9.11. The van der Waals surface area contributed by atoms with Gasteiger partial charge in [0.25, 0.3) is 0 Å². The van der Waals surface area contributed by atoms with E-state index in [0.29, 0.717) is 0 Å². The molecular weight excluding hydrogens is 336 g/mol. The summed E-state index contributed by atoms with van der Waals surface area (Å²) in [5.41, 5.74) is 0.811. The zero-order valence-electron chi connectivity index (χ0n) is 8.59. The zero-order valence-corrected chi connectivity index (χ0v) is 11.8. The van der Waals surface area contributed by atoms with Crippen molar-refractivity contribution in [2.45, 2.75) is 6.42 Å². The SMILES string of the molecule is O=C(Nc1cc(Br)ccc1Br)C1CCNC1. The van der Waals surface area contributed by atoms with Crippen molar-refractivity contribution in [3.63, 3.8) is 0 Å². The summed E-state index contributed by atoms with van der Waals surface area (Å²) < 4.78 is 1.85. The van der Waals surface area contributed by atoms with E-state index >= 15 is 0 Å². The van der Waals surface area contributed by atoms with Crippen LogP contribution in [0, 0.1) is 5.92 Å². The summed E-state index contributed by atoms with van der Waals surface area (Å²) in [4.78, 5) is 11.9. The van der Waals surface area contributed by atoms with Gasteiger partial charge >= 0.3 is 0 Å². The summed E-state index contributed by atoms with van der Waals surface area (Å²) in [5, 5.41) is 6.12. The first-order valence-electron chi connectivity index (χ1n) is 5.13. The quantitative estimate of drug-likeness (QED) is 0.863.